The number of anilines is 1. The number of esters is 2. The number of fused-ring (bicyclic) bond motifs is 3. The predicted octanol–water partition coefficient (Wildman–Crippen LogP) is 8.09. The molecule has 10 nitrogen and oxygen atoms in total. The van der Waals surface area contributed by atoms with Gasteiger partial charge in [-0.3, -0.25) is 4.90 Å². The molecule has 292 valence electrons. The second-order valence-electron chi connectivity index (χ2n) is 13.9. The molecule has 3 aliphatic heterocycles. The van der Waals surface area contributed by atoms with E-state index < -0.39 is 36.5 Å². The lowest BCUT2D eigenvalue weighted by Gasteiger charge is -2.44. The molecule has 15 heteroatoms. The molecule has 0 amide bonds. The minimum absolute atomic E-state index is 0. The van der Waals surface area contributed by atoms with Crippen LogP contribution in [0.25, 0.3) is 0 Å². The third-order valence-corrected chi connectivity index (χ3v) is 10.8. The molecule has 3 atom stereocenters. The topological polar surface area (TPSA) is 130 Å². The summed E-state index contributed by atoms with van der Waals surface area (Å²) in [6.07, 6.45) is 5.60. The maximum absolute atomic E-state index is 15.2. The smallest absolute Gasteiger partial charge is 0.387 e. The van der Waals surface area contributed by atoms with E-state index in [-0.39, 0.29) is 46.5 Å². The second kappa shape index (κ2) is 17.9. The van der Waals surface area contributed by atoms with Crippen LogP contribution < -0.4 is 19.8 Å². The molecule has 3 saturated heterocycles. The molecule has 4 aromatic rings. The number of carbonyl (C=O) groups excluding carboxylic acids is 2. The number of carbonyl (C=O) groups is 2. The van der Waals surface area contributed by atoms with Gasteiger partial charge >= 0.3 is 18.6 Å². The Kier molecular flexibility index (Phi) is 13.1. The molecule has 3 N–H and O–H groups in total. The number of benzene rings is 3. The van der Waals surface area contributed by atoms with Crippen LogP contribution in [0.2, 0.25) is 10.0 Å². The van der Waals surface area contributed by atoms with Gasteiger partial charge in [-0.15, -0.1) is 0 Å². The number of alkyl halides is 2. The van der Waals surface area contributed by atoms with Crippen LogP contribution in [0.5, 0.6) is 11.5 Å². The summed E-state index contributed by atoms with van der Waals surface area (Å²) in [5, 5.41) is 3.68. The number of H-pyrrole nitrogens is 1. The fourth-order valence-electron chi connectivity index (χ4n) is 6.94. The Morgan fingerprint density at radius 2 is 1.67 bits per heavy atom. The lowest BCUT2D eigenvalue weighted by molar-refractivity contribution is -0.377. The first-order valence-corrected chi connectivity index (χ1v) is 18.7. The Labute approximate surface area is 326 Å². The van der Waals surface area contributed by atoms with Crippen LogP contribution in [0.15, 0.2) is 79.1 Å². The number of halogens is 5. The quantitative estimate of drug-likeness (QED) is 0.119. The first kappa shape index (κ1) is 40.1. The average molecular weight is 803 g/mol. The number of nitrogens with one attached hydrogen (secondary N) is 2. The Hall–Kier alpha value is -4.56. The van der Waals surface area contributed by atoms with Gasteiger partial charge in [0.05, 0.1) is 12.2 Å². The van der Waals surface area contributed by atoms with Crippen LogP contribution in [0, 0.1) is 17.7 Å². The van der Waals surface area contributed by atoms with Crippen LogP contribution in [0.3, 0.4) is 0 Å². The highest BCUT2D eigenvalue weighted by Gasteiger charge is 2.38. The fraction of sp³-hybridized carbons (Fsp3) is 0.375. The number of aromatic amines is 1. The van der Waals surface area contributed by atoms with Crippen molar-refractivity contribution in [1.82, 2.24) is 4.90 Å². The van der Waals surface area contributed by atoms with Crippen molar-refractivity contribution >= 4 is 40.8 Å². The predicted molar refractivity (Wildman–Crippen MR) is 196 cm³/mol. The van der Waals surface area contributed by atoms with Crippen LogP contribution in [0.1, 0.15) is 64.9 Å². The van der Waals surface area contributed by atoms with E-state index in [0.29, 0.717) is 45.9 Å². The zero-order valence-corrected chi connectivity index (χ0v) is 31.1. The number of ether oxygens (including phenoxy) is 4. The molecule has 1 aromatic heterocycles. The Bertz CT molecular complexity index is 1960. The first-order chi connectivity index (χ1) is 26.1. The minimum atomic E-state index is -3.08. The maximum atomic E-state index is 15.2. The summed E-state index contributed by atoms with van der Waals surface area (Å²) in [5.41, 5.74) is 1.45. The van der Waals surface area contributed by atoms with Gasteiger partial charge in [0.1, 0.15) is 28.1 Å². The van der Waals surface area contributed by atoms with Crippen molar-refractivity contribution in [3.05, 3.63) is 117 Å². The van der Waals surface area contributed by atoms with E-state index in [0.717, 1.165) is 38.8 Å². The third-order valence-electron chi connectivity index (χ3n) is 10.1. The zero-order chi connectivity index (χ0) is 37.8. The third kappa shape index (κ3) is 10.0. The van der Waals surface area contributed by atoms with Gasteiger partial charge < -0.3 is 29.7 Å². The summed E-state index contributed by atoms with van der Waals surface area (Å²) < 4.78 is 64.5. The van der Waals surface area contributed by atoms with Gasteiger partial charge in [0.15, 0.2) is 29.9 Å². The summed E-state index contributed by atoms with van der Waals surface area (Å²) in [6.45, 7) is -0.186. The maximum Gasteiger partial charge on any atom is 0.387 e. The van der Waals surface area contributed by atoms with Crippen molar-refractivity contribution in [3.63, 3.8) is 0 Å². The number of pyridine rings is 1. The molecule has 4 aliphatic rings. The fourth-order valence-corrected chi connectivity index (χ4v) is 7.47. The van der Waals surface area contributed by atoms with Gasteiger partial charge in [-0.05, 0) is 92.6 Å². The summed E-state index contributed by atoms with van der Waals surface area (Å²) in [5.74, 6) is -1.46. The van der Waals surface area contributed by atoms with Crippen LogP contribution in [-0.4, -0.2) is 61.3 Å². The Balaban J connectivity index is 0.00000514. The highest BCUT2D eigenvalue weighted by atomic mass is 35.5. The van der Waals surface area contributed by atoms with E-state index >= 15 is 4.39 Å². The number of hydrogen-bond acceptors (Lipinski definition) is 9. The van der Waals surface area contributed by atoms with Crippen molar-refractivity contribution in [2.45, 2.75) is 57.0 Å². The molecule has 4 fully saturated rings. The van der Waals surface area contributed by atoms with Crippen molar-refractivity contribution in [1.29, 1.82) is 0 Å². The van der Waals surface area contributed by atoms with Gasteiger partial charge in [-0.1, -0.05) is 53.5 Å². The van der Waals surface area contributed by atoms with E-state index in [1.165, 1.54) is 60.9 Å². The highest BCUT2D eigenvalue weighted by Crippen LogP contribution is 2.38. The SMILES string of the molecule is O=C(O[C@@H](Cc1c(Cl)c[nH+]cc1Cl)c1ccc(OC(F)F)c(OCC2CC2)c1)c1cccc(NC(C(=O)O[C@H]2CN3CCC2CC3)c2ccccc2F)c1.[OH-]. The molecule has 1 aliphatic carbocycles. The largest absolute Gasteiger partial charge is 0.870 e. The van der Waals surface area contributed by atoms with Crippen molar-refractivity contribution in [2.75, 3.05) is 31.6 Å². The summed E-state index contributed by atoms with van der Waals surface area (Å²) in [6, 6.07) is 15.4. The van der Waals surface area contributed by atoms with Crippen molar-refractivity contribution in [2.24, 2.45) is 11.8 Å². The lowest BCUT2D eigenvalue weighted by atomic mass is 9.86. The van der Waals surface area contributed by atoms with E-state index in [9.17, 15) is 18.4 Å². The van der Waals surface area contributed by atoms with Gasteiger partial charge in [-0.25, -0.2) is 19.0 Å². The zero-order valence-electron chi connectivity index (χ0n) is 29.6. The van der Waals surface area contributed by atoms with Crippen molar-refractivity contribution in [3.8, 4) is 11.5 Å². The average Bonchev–Trinajstić information content (AvgIpc) is 4.00. The van der Waals surface area contributed by atoms with Crippen LogP contribution in [0.4, 0.5) is 18.9 Å². The monoisotopic (exact) mass is 801 g/mol. The summed E-state index contributed by atoms with van der Waals surface area (Å²) >= 11 is 13.0. The number of rotatable bonds is 15. The van der Waals surface area contributed by atoms with Crippen LogP contribution >= 0.6 is 23.2 Å². The van der Waals surface area contributed by atoms with Crippen LogP contribution in [-0.2, 0) is 20.7 Å². The summed E-state index contributed by atoms with van der Waals surface area (Å²) in [4.78, 5) is 32.8. The van der Waals surface area contributed by atoms with E-state index in [1.807, 2.05) is 0 Å². The molecule has 0 spiro atoms. The van der Waals surface area contributed by atoms with Gasteiger partial charge in [-0.2, -0.15) is 8.78 Å². The van der Waals surface area contributed by atoms with Crippen molar-refractivity contribution < 1.29 is 52.2 Å². The first-order valence-electron chi connectivity index (χ1n) is 17.9. The molecule has 0 radical (unpaired) electrons. The van der Waals surface area contributed by atoms with E-state index in [1.54, 1.807) is 18.2 Å². The van der Waals surface area contributed by atoms with Gasteiger partial charge in [0.2, 0.25) is 0 Å². The molecule has 4 heterocycles. The Morgan fingerprint density at radius 3 is 2.35 bits per heavy atom. The molecular weight excluding hydrogens is 762 g/mol. The number of aromatic nitrogens is 1. The van der Waals surface area contributed by atoms with Gasteiger partial charge in [0.25, 0.3) is 0 Å². The number of nitrogens with zero attached hydrogens (tertiary/aromatic N) is 1. The highest BCUT2D eigenvalue weighted by molar-refractivity contribution is 6.35. The van der Waals surface area contributed by atoms with Gasteiger partial charge in [0, 0.05) is 29.8 Å². The molecular formula is C40H40Cl2F3N3O7. The summed E-state index contributed by atoms with van der Waals surface area (Å²) in [7, 11) is 0. The molecule has 1 unspecified atom stereocenters. The molecule has 55 heavy (non-hydrogen) atoms. The molecule has 2 bridgehead atoms. The Morgan fingerprint density at radius 1 is 0.927 bits per heavy atom. The number of hydrogen-bond donors (Lipinski definition) is 1. The minimum Gasteiger partial charge on any atom is -0.870 e. The van der Waals surface area contributed by atoms with E-state index in [4.69, 9.17) is 42.1 Å². The molecule has 8 rings (SSSR count). The molecule has 1 saturated carbocycles. The molecule has 3 aromatic carbocycles. The standard InChI is InChI=1S/C40H38Cl2F3N3O6.H2O/c41-30-19-46-20-31(42)29(30)18-34(25-10-11-33(54-40(44)45)35(17-25)51-22-23-8-9-23)52-38(49)26-4-3-5-27(16-26)47-37(28-6-1-2-7-32(28)43)39(50)53-36-21-48-14-12-24(36)13-15-48;/h1-7,10-11,16-17,19-20,23-24,34,36-37,40,47H,8-9,12-15,18,21-22H2;1H2/t34-,36-,37?;/m0./s1. The normalized spacial score (nSPS) is 19.9. The second-order valence-corrected chi connectivity index (χ2v) is 14.7. The lowest BCUT2D eigenvalue weighted by Crippen LogP contribution is -2.52. The van der Waals surface area contributed by atoms with E-state index in [2.05, 4.69) is 15.2 Å². The number of piperidine rings is 3.